The maximum absolute atomic E-state index is 12.2. The van der Waals surface area contributed by atoms with Crippen molar-refractivity contribution in [2.45, 2.75) is 59.0 Å². The normalized spacial score (nSPS) is 13.5. The summed E-state index contributed by atoms with van der Waals surface area (Å²) >= 11 is 0. The van der Waals surface area contributed by atoms with Crippen molar-refractivity contribution in [1.29, 1.82) is 0 Å². The summed E-state index contributed by atoms with van der Waals surface area (Å²) in [6.07, 6.45) is 6.32. The van der Waals surface area contributed by atoms with Crippen LogP contribution in [-0.2, 0) is 9.59 Å². The van der Waals surface area contributed by atoms with Gasteiger partial charge in [-0.2, -0.15) is 0 Å². The summed E-state index contributed by atoms with van der Waals surface area (Å²) < 4.78 is 5.09. The Kier molecular flexibility index (Phi) is 9.48. The van der Waals surface area contributed by atoms with E-state index in [0.29, 0.717) is 5.92 Å². The number of carbonyl (C=O) groups excluding carboxylic acids is 2. The van der Waals surface area contributed by atoms with Gasteiger partial charge in [0.25, 0.3) is 0 Å². The van der Waals surface area contributed by atoms with Gasteiger partial charge in [0.15, 0.2) is 0 Å². The number of amides is 2. The third-order valence-corrected chi connectivity index (χ3v) is 4.10. The van der Waals surface area contributed by atoms with Crippen LogP contribution in [0.15, 0.2) is 30.3 Å². The Labute approximate surface area is 157 Å². The molecule has 0 saturated carbocycles. The molecule has 0 radical (unpaired) electrons. The minimum atomic E-state index is -0.574. The van der Waals surface area contributed by atoms with Crippen LogP contribution in [0.4, 0.5) is 0 Å². The fourth-order valence-corrected chi connectivity index (χ4v) is 2.49. The Morgan fingerprint density at radius 3 is 2.27 bits per heavy atom. The summed E-state index contributed by atoms with van der Waals surface area (Å²) in [5.41, 5.74) is 0.886. The zero-order valence-corrected chi connectivity index (χ0v) is 16.5. The molecule has 0 fully saturated rings. The number of ether oxygens (including phenoxy) is 1. The van der Waals surface area contributed by atoms with Crippen LogP contribution in [-0.4, -0.2) is 31.0 Å². The summed E-state index contributed by atoms with van der Waals surface area (Å²) in [7, 11) is 1.61. The highest BCUT2D eigenvalue weighted by atomic mass is 16.5. The molecule has 0 aliphatic rings. The van der Waals surface area contributed by atoms with Crippen LogP contribution in [0.1, 0.15) is 52.5 Å². The highest BCUT2D eigenvalue weighted by molar-refractivity contribution is 5.95. The van der Waals surface area contributed by atoms with Crippen LogP contribution in [0, 0.1) is 5.92 Å². The predicted octanol–water partition coefficient (Wildman–Crippen LogP) is 3.54. The topological polar surface area (TPSA) is 67.4 Å². The van der Waals surface area contributed by atoms with Gasteiger partial charge < -0.3 is 15.4 Å². The van der Waals surface area contributed by atoms with E-state index >= 15 is 0 Å². The molecule has 0 saturated heterocycles. The van der Waals surface area contributed by atoms with E-state index in [-0.39, 0.29) is 17.9 Å². The first-order valence-corrected chi connectivity index (χ1v) is 9.24. The van der Waals surface area contributed by atoms with Crippen LogP contribution in [0.25, 0.3) is 6.08 Å². The number of nitrogens with one attached hydrogen (secondary N) is 2. The number of hydrogen-bond donors (Lipinski definition) is 2. The molecule has 0 aromatic heterocycles. The van der Waals surface area contributed by atoms with Gasteiger partial charge in [-0.1, -0.05) is 38.8 Å². The highest BCUT2D eigenvalue weighted by Gasteiger charge is 2.16. The van der Waals surface area contributed by atoms with Gasteiger partial charge in [-0.3, -0.25) is 9.59 Å². The number of carbonyl (C=O) groups is 2. The van der Waals surface area contributed by atoms with Crippen molar-refractivity contribution in [3.05, 3.63) is 35.9 Å². The lowest BCUT2D eigenvalue weighted by Gasteiger charge is -2.18. The lowest BCUT2D eigenvalue weighted by atomic mass is 10.0. The summed E-state index contributed by atoms with van der Waals surface area (Å²) in [5, 5.41) is 5.64. The van der Waals surface area contributed by atoms with Crippen LogP contribution < -0.4 is 15.4 Å². The lowest BCUT2D eigenvalue weighted by Crippen LogP contribution is -2.47. The summed E-state index contributed by atoms with van der Waals surface area (Å²) in [6, 6.07) is 6.91. The van der Waals surface area contributed by atoms with Crippen molar-refractivity contribution in [2.24, 2.45) is 5.92 Å². The highest BCUT2D eigenvalue weighted by Crippen LogP contribution is 2.12. The van der Waals surface area contributed by atoms with Gasteiger partial charge in [0.2, 0.25) is 11.8 Å². The molecule has 1 aromatic carbocycles. The van der Waals surface area contributed by atoms with Crippen LogP contribution in [0.2, 0.25) is 0 Å². The molecule has 1 rings (SSSR count). The standard InChI is InChI=1S/C21H32N2O3/c1-15(2)7-6-8-16(3)22-21(25)17(4)23-20(24)14-11-18-9-12-19(26-5)13-10-18/h9-17H,6-8H2,1-5H3,(H,22,25)(H,23,24)/b14-11+. The predicted molar refractivity (Wildman–Crippen MR) is 106 cm³/mol. The molecule has 2 amide bonds. The van der Waals surface area contributed by atoms with Crippen molar-refractivity contribution < 1.29 is 14.3 Å². The van der Waals surface area contributed by atoms with E-state index in [2.05, 4.69) is 24.5 Å². The van der Waals surface area contributed by atoms with Crippen molar-refractivity contribution in [1.82, 2.24) is 10.6 Å². The molecule has 1 aromatic rings. The Morgan fingerprint density at radius 1 is 1.04 bits per heavy atom. The molecule has 144 valence electrons. The van der Waals surface area contributed by atoms with Gasteiger partial charge in [-0.15, -0.1) is 0 Å². The van der Waals surface area contributed by atoms with E-state index in [0.717, 1.165) is 30.6 Å². The molecule has 0 aliphatic heterocycles. The van der Waals surface area contributed by atoms with E-state index in [9.17, 15) is 9.59 Å². The molecule has 5 heteroatoms. The van der Waals surface area contributed by atoms with Gasteiger partial charge in [-0.25, -0.2) is 0 Å². The number of rotatable bonds is 10. The molecule has 5 nitrogen and oxygen atoms in total. The fraction of sp³-hybridized carbons (Fsp3) is 0.524. The maximum Gasteiger partial charge on any atom is 0.244 e. The number of hydrogen-bond acceptors (Lipinski definition) is 3. The van der Waals surface area contributed by atoms with Crippen molar-refractivity contribution in [3.63, 3.8) is 0 Å². The molecule has 0 aliphatic carbocycles. The molecule has 0 heterocycles. The first kappa shape index (κ1) is 21.7. The molecule has 2 N–H and O–H groups in total. The number of benzene rings is 1. The van der Waals surface area contributed by atoms with E-state index < -0.39 is 6.04 Å². The Bertz CT molecular complexity index is 594. The molecular formula is C21H32N2O3. The molecular weight excluding hydrogens is 328 g/mol. The zero-order valence-electron chi connectivity index (χ0n) is 16.5. The van der Waals surface area contributed by atoms with E-state index in [1.807, 2.05) is 31.2 Å². The van der Waals surface area contributed by atoms with Crippen LogP contribution in [0.3, 0.4) is 0 Å². The smallest absolute Gasteiger partial charge is 0.244 e. The molecule has 0 spiro atoms. The van der Waals surface area contributed by atoms with Gasteiger partial charge in [0.05, 0.1) is 7.11 Å². The average molecular weight is 360 g/mol. The van der Waals surface area contributed by atoms with Crippen molar-refractivity contribution >= 4 is 17.9 Å². The Hall–Kier alpha value is -2.30. The fourth-order valence-electron chi connectivity index (χ4n) is 2.49. The van der Waals surface area contributed by atoms with Crippen molar-refractivity contribution in [3.8, 4) is 5.75 Å². The molecule has 0 bridgehead atoms. The second-order valence-electron chi connectivity index (χ2n) is 7.07. The largest absolute Gasteiger partial charge is 0.497 e. The molecule has 2 unspecified atom stereocenters. The Morgan fingerprint density at radius 2 is 1.69 bits per heavy atom. The molecule has 26 heavy (non-hydrogen) atoms. The van der Waals surface area contributed by atoms with Crippen molar-refractivity contribution in [2.75, 3.05) is 7.11 Å². The lowest BCUT2D eigenvalue weighted by molar-refractivity contribution is -0.127. The first-order chi connectivity index (χ1) is 12.3. The minimum Gasteiger partial charge on any atom is -0.497 e. The second-order valence-corrected chi connectivity index (χ2v) is 7.07. The first-order valence-electron chi connectivity index (χ1n) is 9.24. The van der Waals surface area contributed by atoms with E-state index in [1.165, 1.54) is 6.08 Å². The van der Waals surface area contributed by atoms with Crippen LogP contribution in [0.5, 0.6) is 5.75 Å². The zero-order chi connectivity index (χ0) is 19.5. The van der Waals surface area contributed by atoms with E-state index in [4.69, 9.17) is 4.74 Å². The van der Waals surface area contributed by atoms with Gasteiger partial charge in [-0.05, 0) is 50.0 Å². The number of methoxy groups -OCH3 is 1. The second kappa shape index (κ2) is 11.3. The molecule has 2 atom stereocenters. The van der Waals surface area contributed by atoms with Crippen LogP contribution >= 0.6 is 0 Å². The van der Waals surface area contributed by atoms with Gasteiger partial charge in [0, 0.05) is 12.1 Å². The monoisotopic (exact) mass is 360 g/mol. The third-order valence-electron chi connectivity index (χ3n) is 4.10. The SMILES string of the molecule is COc1ccc(/C=C/C(=O)NC(C)C(=O)NC(C)CCCC(C)C)cc1. The quantitative estimate of drug-likeness (QED) is 0.627. The van der Waals surface area contributed by atoms with E-state index in [1.54, 1.807) is 20.1 Å². The minimum absolute atomic E-state index is 0.107. The summed E-state index contributed by atoms with van der Waals surface area (Å²) in [6.45, 7) is 8.08. The average Bonchev–Trinajstić information content (AvgIpc) is 2.59. The maximum atomic E-state index is 12.2. The third kappa shape index (κ3) is 8.70. The Balaban J connectivity index is 2.39. The summed E-state index contributed by atoms with van der Waals surface area (Å²) in [4.78, 5) is 24.2. The van der Waals surface area contributed by atoms with Gasteiger partial charge in [0.1, 0.15) is 11.8 Å². The van der Waals surface area contributed by atoms with Gasteiger partial charge >= 0.3 is 0 Å². The summed E-state index contributed by atoms with van der Waals surface area (Å²) in [5.74, 6) is 0.984.